The number of anilines is 1. The van der Waals surface area contributed by atoms with Crippen LogP contribution in [-0.2, 0) is 5.54 Å². The van der Waals surface area contributed by atoms with Crippen LogP contribution in [0.5, 0.6) is 5.88 Å². The van der Waals surface area contributed by atoms with Gasteiger partial charge in [0.15, 0.2) is 5.65 Å². The Hall–Kier alpha value is -1.85. The smallest absolute Gasteiger partial charge is 0.230 e. The van der Waals surface area contributed by atoms with Gasteiger partial charge in [-0.05, 0) is 20.8 Å². The highest BCUT2D eigenvalue weighted by Gasteiger charge is 2.21. The van der Waals surface area contributed by atoms with Gasteiger partial charge in [0.1, 0.15) is 5.39 Å². The van der Waals surface area contributed by atoms with Crippen LogP contribution in [0.2, 0.25) is 0 Å². The minimum atomic E-state index is -0.134. The summed E-state index contributed by atoms with van der Waals surface area (Å²) in [6, 6.07) is 0. The van der Waals surface area contributed by atoms with E-state index in [4.69, 9.17) is 4.74 Å². The number of ether oxygens (including phenoxy) is 1. The molecule has 0 fully saturated rings. The third-order valence-corrected chi connectivity index (χ3v) is 2.61. The van der Waals surface area contributed by atoms with Crippen LogP contribution in [-0.4, -0.2) is 41.0 Å². The van der Waals surface area contributed by atoms with Crippen molar-refractivity contribution in [3.63, 3.8) is 0 Å². The van der Waals surface area contributed by atoms with Crippen LogP contribution in [0.25, 0.3) is 11.0 Å². The van der Waals surface area contributed by atoms with Crippen LogP contribution < -0.4 is 9.64 Å². The van der Waals surface area contributed by atoms with E-state index in [9.17, 15) is 0 Å². The number of hydrogen-bond donors (Lipinski definition) is 0. The number of methoxy groups -OCH3 is 1. The molecule has 0 atom stereocenters. The third-order valence-electron chi connectivity index (χ3n) is 2.61. The SMILES string of the molecule is COc1nc(N(C)C)nc2c1cnn2C(C)(C)C. The fourth-order valence-electron chi connectivity index (χ4n) is 1.72. The zero-order chi connectivity index (χ0) is 13.5. The fourth-order valence-corrected chi connectivity index (χ4v) is 1.72. The molecular weight excluding hydrogens is 230 g/mol. The van der Waals surface area contributed by atoms with Crippen molar-refractivity contribution in [1.29, 1.82) is 0 Å². The maximum absolute atomic E-state index is 5.31. The Morgan fingerprint density at radius 1 is 1.22 bits per heavy atom. The molecule has 6 nitrogen and oxygen atoms in total. The van der Waals surface area contributed by atoms with Crippen LogP contribution in [0, 0.1) is 0 Å². The Morgan fingerprint density at radius 2 is 1.89 bits per heavy atom. The second kappa shape index (κ2) is 4.12. The van der Waals surface area contributed by atoms with Crippen molar-refractivity contribution in [2.24, 2.45) is 0 Å². The predicted molar refractivity (Wildman–Crippen MR) is 71.2 cm³/mol. The van der Waals surface area contributed by atoms with Crippen molar-refractivity contribution in [2.75, 3.05) is 26.1 Å². The molecule has 0 N–H and O–H groups in total. The maximum Gasteiger partial charge on any atom is 0.230 e. The van der Waals surface area contributed by atoms with Crippen LogP contribution in [0.3, 0.4) is 0 Å². The first kappa shape index (κ1) is 12.6. The molecule has 0 saturated heterocycles. The molecule has 6 heteroatoms. The van der Waals surface area contributed by atoms with E-state index in [2.05, 4.69) is 35.8 Å². The van der Waals surface area contributed by atoms with Gasteiger partial charge in [-0.1, -0.05) is 0 Å². The number of fused-ring (bicyclic) bond motifs is 1. The molecule has 0 aromatic carbocycles. The summed E-state index contributed by atoms with van der Waals surface area (Å²) in [6.45, 7) is 6.26. The molecule has 0 bridgehead atoms. The van der Waals surface area contributed by atoms with E-state index < -0.39 is 0 Å². The first-order valence-corrected chi connectivity index (χ1v) is 5.82. The molecule has 0 radical (unpaired) electrons. The van der Waals surface area contributed by atoms with Crippen molar-refractivity contribution in [3.8, 4) is 5.88 Å². The number of nitrogens with zero attached hydrogens (tertiary/aromatic N) is 5. The number of hydrogen-bond acceptors (Lipinski definition) is 5. The van der Waals surface area contributed by atoms with Crippen LogP contribution in [0.1, 0.15) is 20.8 Å². The normalized spacial score (nSPS) is 11.9. The second-order valence-electron chi connectivity index (χ2n) is 5.39. The molecular formula is C12H19N5O. The Labute approximate surface area is 107 Å². The van der Waals surface area contributed by atoms with Gasteiger partial charge in [0, 0.05) is 14.1 Å². The Balaban J connectivity index is 2.76. The van der Waals surface area contributed by atoms with Gasteiger partial charge in [-0.15, -0.1) is 0 Å². The zero-order valence-corrected chi connectivity index (χ0v) is 11.7. The fraction of sp³-hybridized carbons (Fsp3) is 0.583. The quantitative estimate of drug-likeness (QED) is 0.810. The first-order valence-electron chi connectivity index (χ1n) is 5.82. The molecule has 0 aliphatic rings. The molecule has 2 aromatic heterocycles. The van der Waals surface area contributed by atoms with E-state index in [0.29, 0.717) is 11.8 Å². The summed E-state index contributed by atoms with van der Waals surface area (Å²) < 4.78 is 7.20. The summed E-state index contributed by atoms with van der Waals surface area (Å²) in [6.07, 6.45) is 1.75. The molecule has 98 valence electrons. The lowest BCUT2D eigenvalue weighted by Gasteiger charge is -2.20. The molecule has 0 amide bonds. The van der Waals surface area contributed by atoms with Gasteiger partial charge in [0.25, 0.3) is 0 Å². The highest BCUT2D eigenvalue weighted by Crippen LogP contribution is 2.27. The summed E-state index contributed by atoms with van der Waals surface area (Å²) in [7, 11) is 5.41. The Morgan fingerprint density at radius 3 is 2.39 bits per heavy atom. The van der Waals surface area contributed by atoms with E-state index in [1.807, 2.05) is 23.7 Å². The number of rotatable bonds is 2. The lowest BCUT2D eigenvalue weighted by Crippen LogP contribution is -2.24. The summed E-state index contributed by atoms with van der Waals surface area (Å²) in [5, 5.41) is 5.22. The summed E-state index contributed by atoms with van der Waals surface area (Å²) in [5.41, 5.74) is 0.656. The van der Waals surface area contributed by atoms with Gasteiger partial charge < -0.3 is 9.64 Å². The van der Waals surface area contributed by atoms with Crippen LogP contribution in [0.15, 0.2) is 6.20 Å². The van der Waals surface area contributed by atoms with Gasteiger partial charge in [0.05, 0.1) is 18.8 Å². The van der Waals surface area contributed by atoms with E-state index >= 15 is 0 Å². The molecule has 0 unspecified atom stereocenters. The average Bonchev–Trinajstić information content (AvgIpc) is 2.70. The lowest BCUT2D eigenvalue weighted by molar-refractivity contribution is 0.365. The van der Waals surface area contributed by atoms with E-state index in [0.717, 1.165) is 11.0 Å². The molecule has 0 saturated carbocycles. The Bertz CT molecular complexity index is 568. The van der Waals surface area contributed by atoms with Gasteiger partial charge in [-0.3, -0.25) is 0 Å². The second-order valence-corrected chi connectivity index (χ2v) is 5.39. The van der Waals surface area contributed by atoms with Crippen molar-refractivity contribution in [3.05, 3.63) is 6.20 Å². The van der Waals surface area contributed by atoms with Crippen molar-refractivity contribution >= 4 is 17.0 Å². The first-order chi connectivity index (χ1) is 8.34. The molecule has 2 aromatic rings. The third kappa shape index (κ3) is 1.98. The molecule has 0 aliphatic heterocycles. The van der Waals surface area contributed by atoms with Crippen molar-refractivity contribution in [2.45, 2.75) is 26.3 Å². The van der Waals surface area contributed by atoms with Crippen molar-refractivity contribution in [1.82, 2.24) is 19.7 Å². The van der Waals surface area contributed by atoms with Gasteiger partial charge in [-0.25, -0.2) is 4.68 Å². The molecule has 18 heavy (non-hydrogen) atoms. The van der Waals surface area contributed by atoms with E-state index in [-0.39, 0.29) is 5.54 Å². The number of aromatic nitrogens is 4. The molecule has 2 rings (SSSR count). The molecule has 2 heterocycles. The zero-order valence-electron chi connectivity index (χ0n) is 11.7. The minimum absolute atomic E-state index is 0.134. The topological polar surface area (TPSA) is 56.1 Å². The summed E-state index contributed by atoms with van der Waals surface area (Å²) in [5.74, 6) is 1.17. The average molecular weight is 249 g/mol. The summed E-state index contributed by atoms with van der Waals surface area (Å²) >= 11 is 0. The molecule has 0 spiro atoms. The van der Waals surface area contributed by atoms with Gasteiger partial charge >= 0.3 is 0 Å². The summed E-state index contributed by atoms with van der Waals surface area (Å²) in [4.78, 5) is 10.7. The molecule has 0 aliphatic carbocycles. The minimum Gasteiger partial charge on any atom is -0.480 e. The standard InChI is InChI=1S/C12H19N5O/c1-12(2,3)17-9-8(7-13-17)10(18-6)15-11(14-9)16(4)5/h7H,1-6H3. The Kier molecular flexibility index (Phi) is 2.88. The highest BCUT2D eigenvalue weighted by atomic mass is 16.5. The van der Waals surface area contributed by atoms with Crippen LogP contribution in [0.4, 0.5) is 5.95 Å². The maximum atomic E-state index is 5.31. The lowest BCUT2D eigenvalue weighted by atomic mass is 10.1. The van der Waals surface area contributed by atoms with Crippen molar-refractivity contribution < 1.29 is 4.74 Å². The monoisotopic (exact) mass is 249 g/mol. The largest absolute Gasteiger partial charge is 0.480 e. The van der Waals surface area contributed by atoms with Gasteiger partial charge in [0.2, 0.25) is 11.8 Å². The van der Waals surface area contributed by atoms with E-state index in [1.165, 1.54) is 0 Å². The van der Waals surface area contributed by atoms with Crippen LogP contribution >= 0.6 is 0 Å². The highest BCUT2D eigenvalue weighted by molar-refractivity contribution is 5.81. The van der Waals surface area contributed by atoms with E-state index in [1.54, 1.807) is 13.3 Å². The predicted octanol–water partition coefficient (Wildman–Crippen LogP) is 1.66. The van der Waals surface area contributed by atoms with Gasteiger partial charge in [-0.2, -0.15) is 15.1 Å².